The van der Waals surface area contributed by atoms with E-state index in [4.69, 9.17) is 35.4 Å². The Morgan fingerprint density at radius 3 is 2.50 bits per heavy atom. The molecule has 2 aliphatic heterocycles. The molecule has 34 heavy (non-hydrogen) atoms. The molecule has 0 atom stereocenters. The molecule has 4 nitrogen and oxygen atoms in total. The van der Waals surface area contributed by atoms with Crippen LogP contribution in [0.1, 0.15) is 12.0 Å². The molecule has 3 aromatic carbocycles. The van der Waals surface area contributed by atoms with Gasteiger partial charge >= 0.3 is 0 Å². The number of rotatable bonds is 4. The molecule has 0 N–H and O–H groups in total. The number of amides is 2. The lowest BCUT2D eigenvalue weighted by atomic mass is 10.2. The molecule has 2 amide bonds. The van der Waals surface area contributed by atoms with E-state index in [1.54, 1.807) is 34.9 Å². The fourth-order valence-electron chi connectivity index (χ4n) is 3.74. The van der Waals surface area contributed by atoms with E-state index >= 15 is 0 Å². The highest BCUT2D eigenvalue weighted by Crippen LogP contribution is 2.49. The number of hydrogen-bond donors (Lipinski definition) is 0. The van der Waals surface area contributed by atoms with Crippen LogP contribution in [0.5, 0.6) is 0 Å². The number of carbonyl (C=O) groups is 2. The Morgan fingerprint density at radius 2 is 1.68 bits per heavy atom. The van der Waals surface area contributed by atoms with Crippen molar-refractivity contribution in [2.75, 3.05) is 11.4 Å². The van der Waals surface area contributed by atoms with Crippen LogP contribution in [-0.2, 0) is 9.59 Å². The van der Waals surface area contributed by atoms with Gasteiger partial charge in [-0.25, -0.2) is 0 Å². The van der Waals surface area contributed by atoms with Crippen LogP contribution >= 0.6 is 58.9 Å². The molecule has 0 bridgehead atoms. The van der Waals surface area contributed by atoms with Crippen molar-refractivity contribution in [3.8, 4) is 0 Å². The quantitative estimate of drug-likeness (QED) is 0.253. The summed E-state index contributed by atoms with van der Waals surface area (Å²) in [5, 5.41) is 1.11. The van der Waals surface area contributed by atoms with Gasteiger partial charge < -0.3 is 0 Å². The molecule has 170 valence electrons. The first-order chi connectivity index (χ1) is 16.4. The fraction of sp³-hybridized carbons (Fsp3) is 0.0800. The molecule has 9 heteroatoms. The summed E-state index contributed by atoms with van der Waals surface area (Å²) in [6.45, 7) is 0.186. The van der Waals surface area contributed by atoms with Crippen LogP contribution in [0.25, 0.3) is 6.08 Å². The molecule has 2 heterocycles. The van der Waals surface area contributed by atoms with E-state index in [1.807, 2.05) is 54.6 Å². The third-order valence-corrected chi connectivity index (χ3v) is 8.44. The molecule has 3 aromatic rings. The van der Waals surface area contributed by atoms with Gasteiger partial charge in [-0.1, -0.05) is 89.3 Å². The molecular formula is C25H16Cl2N2O2S3. The molecule has 5 rings (SSSR count). The number of thioether (sulfide) groups is 1. The summed E-state index contributed by atoms with van der Waals surface area (Å²) in [6, 6.07) is 20.6. The lowest BCUT2D eigenvalue weighted by Gasteiger charge is -2.31. The van der Waals surface area contributed by atoms with Crippen LogP contribution in [0.15, 0.2) is 81.4 Å². The smallest absolute Gasteiger partial charge is 0.266 e. The zero-order valence-corrected chi connectivity index (χ0v) is 21.5. The largest absolute Gasteiger partial charge is 0.292 e. The van der Waals surface area contributed by atoms with E-state index in [0.29, 0.717) is 19.3 Å². The summed E-state index contributed by atoms with van der Waals surface area (Å²) in [5.74, 6) is -0.360. The number of benzene rings is 3. The molecule has 0 unspecified atom stereocenters. The third kappa shape index (κ3) is 4.51. The maximum atomic E-state index is 13.5. The molecule has 0 aliphatic carbocycles. The lowest BCUT2D eigenvalue weighted by Crippen LogP contribution is -2.35. The normalized spacial score (nSPS) is 16.1. The topological polar surface area (TPSA) is 40.6 Å². The zero-order valence-electron chi connectivity index (χ0n) is 17.5. The predicted molar refractivity (Wildman–Crippen MR) is 145 cm³/mol. The highest BCUT2D eigenvalue weighted by atomic mass is 35.5. The number of nitrogens with zero attached hydrogens (tertiary/aromatic N) is 2. The van der Waals surface area contributed by atoms with Gasteiger partial charge in [0.15, 0.2) is 0 Å². The van der Waals surface area contributed by atoms with Crippen molar-refractivity contribution in [2.24, 2.45) is 0 Å². The van der Waals surface area contributed by atoms with E-state index in [0.717, 1.165) is 26.7 Å². The fourth-order valence-corrected chi connectivity index (χ4v) is 6.44. The average molecular weight is 544 g/mol. The minimum absolute atomic E-state index is 0.108. The molecule has 0 aromatic heterocycles. The Hall–Kier alpha value is -2.29. The van der Waals surface area contributed by atoms with E-state index in [-0.39, 0.29) is 24.8 Å². The lowest BCUT2D eigenvalue weighted by molar-refractivity contribution is -0.123. The zero-order chi connectivity index (χ0) is 23.8. The average Bonchev–Trinajstić information content (AvgIpc) is 3.09. The molecule has 1 saturated heterocycles. The summed E-state index contributed by atoms with van der Waals surface area (Å²) in [5.41, 5.74) is 2.29. The minimum atomic E-state index is -0.222. The van der Waals surface area contributed by atoms with Crippen LogP contribution in [0, 0.1) is 0 Å². The van der Waals surface area contributed by atoms with Crippen molar-refractivity contribution >= 4 is 92.5 Å². The van der Waals surface area contributed by atoms with E-state index in [2.05, 4.69) is 0 Å². The number of hydrogen-bond acceptors (Lipinski definition) is 5. The summed E-state index contributed by atoms with van der Waals surface area (Å²) in [7, 11) is 0. The number of halogens is 2. The van der Waals surface area contributed by atoms with E-state index < -0.39 is 0 Å². The number of carbonyl (C=O) groups excluding carboxylic acids is 2. The van der Waals surface area contributed by atoms with Crippen molar-refractivity contribution in [2.45, 2.75) is 16.2 Å². The van der Waals surface area contributed by atoms with Crippen molar-refractivity contribution in [1.82, 2.24) is 4.90 Å². The van der Waals surface area contributed by atoms with Gasteiger partial charge in [0.25, 0.3) is 5.91 Å². The second kappa shape index (κ2) is 9.76. The van der Waals surface area contributed by atoms with Crippen LogP contribution in [0.4, 0.5) is 11.4 Å². The first-order valence-electron chi connectivity index (χ1n) is 10.3. The third-order valence-electron chi connectivity index (χ3n) is 5.35. The van der Waals surface area contributed by atoms with E-state index in [1.165, 1.54) is 16.7 Å². The summed E-state index contributed by atoms with van der Waals surface area (Å²) in [4.78, 5) is 32.1. The minimum Gasteiger partial charge on any atom is -0.292 e. The van der Waals surface area contributed by atoms with Gasteiger partial charge in [-0.05, 0) is 48.0 Å². The predicted octanol–water partition coefficient (Wildman–Crippen LogP) is 7.41. The Labute approximate surface area is 220 Å². The number of fused-ring (bicyclic) bond motifs is 2. The molecular weight excluding hydrogens is 527 g/mol. The number of thiocarbonyl (C=S) groups is 1. The highest BCUT2D eigenvalue weighted by molar-refractivity contribution is 8.26. The Morgan fingerprint density at radius 1 is 0.941 bits per heavy atom. The standard InChI is InChI=1S/C25H16Cl2N2O2S3/c26-16-9-10-21-19(14-16)29(18-7-3-4-8-20(18)33-21)23(30)11-12-28-24(31)22(34-25(28)32)13-15-5-1-2-6-17(15)27/h1-10,13-14H,11-12H2/b22-13-. The van der Waals surface area contributed by atoms with Crippen LogP contribution in [0.3, 0.4) is 0 Å². The molecule has 1 fully saturated rings. The van der Waals surface area contributed by atoms with E-state index in [9.17, 15) is 9.59 Å². The monoisotopic (exact) mass is 542 g/mol. The number of para-hydroxylation sites is 1. The molecule has 0 saturated carbocycles. The van der Waals surface area contributed by atoms with Gasteiger partial charge in [-0.2, -0.15) is 0 Å². The van der Waals surface area contributed by atoms with Gasteiger partial charge in [-0.3, -0.25) is 19.4 Å². The Kier molecular flexibility index (Phi) is 6.73. The summed E-state index contributed by atoms with van der Waals surface area (Å²) >= 11 is 20.7. The summed E-state index contributed by atoms with van der Waals surface area (Å²) in [6.07, 6.45) is 1.84. The number of anilines is 2. The molecule has 2 aliphatic rings. The Bertz CT molecular complexity index is 1380. The van der Waals surface area contributed by atoms with Crippen molar-refractivity contribution in [3.05, 3.63) is 87.2 Å². The van der Waals surface area contributed by atoms with Gasteiger partial charge in [0, 0.05) is 32.8 Å². The molecule has 0 spiro atoms. The second-order valence-corrected chi connectivity index (χ2v) is 11.1. The van der Waals surface area contributed by atoms with Crippen molar-refractivity contribution in [1.29, 1.82) is 0 Å². The van der Waals surface area contributed by atoms with Crippen LogP contribution < -0.4 is 4.90 Å². The first kappa shape index (κ1) is 23.5. The van der Waals surface area contributed by atoms with Gasteiger partial charge in [0.05, 0.1) is 16.3 Å². The second-order valence-electron chi connectivity index (χ2n) is 7.52. The van der Waals surface area contributed by atoms with Gasteiger partial charge in [-0.15, -0.1) is 0 Å². The maximum absolute atomic E-state index is 13.5. The highest BCUT2D eigenvalue weighted by Gasteiger charge is 2.34. The van der Waals surface area contributed by atoms with Crippen LogP contribution in [-0.4, -0.2) is 27.6 Å². The van der Waals surface area contributed by atoms with Gasteiger partial charge in [0.1, 0.15) is 4.32 Å². The van der Waals surface area contributed by atoms with Gasteiger partial charge in [0.2, 0.25) is 5.91 Å². The molecule has 0 radical (unpaired) electrons. The SMILES string of the molecule is O=C1/C(=C/c2ccccc2Cl)SC(=S)N1CCC(=O)N1c2ccccc2Sc2ccc(Cl)cc21. The first-order valence-corrected chi connectivity index (χ1v) is 13.1. The van der Waals surface area contributed by atoms with Crippen LogP contribution in [0.2, 0.25) is 10.0 Å². The Balaban J connectivity index is 1.37. The summed E-state index contributed by atoms with van der Waals surface area (Å²) < 4.78 is 0.425. The maximum Gasteiger partial charge on any atom is 0.266 e. The van der Waals surface area contributed by atoms with Crippen molar-refractivity contribution < 1.29 is 9.59 Å². The van der Waals surface area contributed by atoms with Crippen molar-refractivity contribution in [3.63, 3.8) is 0 Å².